The van der Waals surface area contributed by atoms with Gasteiger partial charge in [-0.2, -0.15) is 10.2 Å². The maximum absolute atomic E-state index is 13.2. The third-order valence-electron chi connectivity index (χ3n) is 4.47. The molecule has 1 amide bonds. The molecule has 1 atom stereocenters. The van der Waals surface area contributed by atoms with Crippen LogP contribution < -0.4 is 5.32 Å². The summed E-state index contributed by atoms with van der Waals surface area (Å²) in [6.07, 6.45) is 4.75. The summed E-state index contributed by atoms with van der Waals surface area (Å²) < 4.78 is 16.6. The summed E-state index contributed by atoms with van der Waals surface area (Å²) >= 11 is 1.32. The monoisotopic (exact) mass is 425 g/mol. The van der Waals surface area contributed by atoms with Gasteiger partial charge >= 0.3 is 0 Å². The molecule has 0 spiro atoms. The highest BCUT2D eigenvalue weighted by molar-refractivity contribution is 8.00. The van der Waals surface area contributed by atoms with E-state index in [1.807, 2.05) is 20.8 Å². The largest absolute Gasteiger partial charge is 0.310 e. The minimum absolute atomic E-state index is 0.136. The molecule has 8 nitrogen and oxygen atoms in total. The van der Waals surface area contributed by atoms with E-state index in [1.165, 1.54) is 30.2 Å². The number of halogens is 1. The second-order valence-electron chi connectivity index (χ2n) is 6.95. The minimum atomic E-state index is -0.409. The molecule has 0 fully saturated rings. The van der Waals surface area contributed by atoms with Crippen LogP contribution in [0.25, 0.3) is 16.7 Å². The molecule has 0 aliphatic heterocycles. The summed E-state index contributed by atoms with van der Waals surface area (Å²) in [5.41, 5.74) is 1.28. The molecular formula is C20H20FN7OS. The average molecular weight is 425 g/mol. The molecule has 4 aromatic rings. The zero-order chi connectivity index (χ0) is 21.3. The maximum Gasteiger partial charge on any atom is 0.238 e. The Balaban J connectivity index is 1.55. The van der Waals surface area contributed by atoms with Gasteiger partial charge in [-0.15, -0.1) is 0 Å². The van der Waals surface area contributed by atoms with E-state index < -0.39 is 5.25 Å². The van der Waals surface area contributed by atoms with Gasteiger partial charge in [-0.3, -0.25) is 4.79 Å². The van der Waals surface area contributed by atoms with E-state index in [9.17, 15) is 9.18 Å². The minimum Gasteiger partial charge on any atom is -0.310 e. The lowest BCUT2D eigenvalue weighted by atomic mass is 10.3. The first kappa shape index (κ1) is 20.0. The van der Waals surface area contributed by atoms with Crippen molar-refractivity contribution in [3.63, 3.8) is 0 Å². The molecule has 0 saturated heterocycles. The molecule has 10 heteroatoms. The molecule has 4 rings (SSSR count). The van der Waals surface area contributed by atoms with Crippen LogP contribution in [0.2, 0.25) is 0 Å². The lowest BCUT2D eigenvalue weighted by Crippen LogP contribution is -2.24. The number of nitrogens with one attached hydrogen (secondary N) is 1. The van der Waals surface area contributed by atoms with Crippen LogP contribution in [-0.2, 0) is 4.79 Å². The van der Waals surface area contributed by atoms with Crippen molar-refractivity contribution in [2.24, 2.45) is 0 Å². The Labute approximate surface area is 176 Å². The number of hydrogen-bond acceptors (Lipinski definition) is 6. The van der Waals surface area contributed by atoms with Gasteiger partial charge in [0.25, 0.3) is 0 Å². The fraction of sp³-hybridized carbons (Fsp3) is 0.250. The predicted octanol–water partition coefficient (Wildman–Crippen LogP) is 3.85. The summed E-state index contributed by atoms with van der Waals surface area (Å²) in [5.74, 6) is 0.180. The average Bonchev–Trinajstić information content (AvgIpc) is 3.36. The van der Waals surface area contributed by atoms with Gasteiger partial charge in [0.15, 0.2) is 5.65 Å². The topological polar surface area (TPSA) is 90.5 Å². The van der Waals surface area contributed by atoms with Gasteiger partial charge in [0.2, 0.25) is 5.91 Å². The standard InChI is InChI=1S/C20H20FN7OS/c1-12(2)27-17(8-9-24-27)26-19(29)13(3)30-20-16-10-25-28(18(16)22-11-23-20)15-6-4-14(21)5-7-15/h4-13H,1-3H3,(H,26,29)/t13-/m1/s1. The molecule has 0 radical (unpaired) electrons. The number of amides is 1. The molecule has 30 heavy (non-hydrogen) atoms. The Morgan fingerprint density at radius 1 is 1.10 bits per heavy atom. The number of carbonyl (C=O) groups is 1. The fourth-order valence-corrected chi connectivity index (χ4v) is 3.84. The first-order valence-corrected chi connectivity index (χ1v) is 10.3. The highest BCUT2D eigenvalue weighted by atomic mass is 32.2. The first-order valence-electron chi connectivity index (χ1n) is 9.39. The smallest absolute Gasteiger partial charge is 0.238 e. The first-order chi connectivity index (χ1) is 14.4. The van der Waals surface area contributed by atoms with Crippen molar-refractivity contribution >= 4 is 34.5 Å². The van der Waals surface area contributed by atoms with E-state index >= 15 is 0 Å². The van der Waals surface area contributed by atoms with Crippen molar-refractivity contribution < 1.29 is 9.18 Å². The molecule has 3 aromatic heterocycles. The van der Waals surface area contributed by atoms with Crippen molar-refractivity contribution in [1.82, 2.24) is 29.5 Å². The number of anilines is 1. The molecule has 0 bridgehead atoms. The van der Waals surface area contributed by atoms with Crippen LogP contribution in [0.4, 0.5) is 10.2 Å². The zero-order valence-corrected chi connectivity index (χ0v) is 17.5. The Bertz CT molecular complexity index is 1190. The van der Waals surface area contributed by atoms with Crippen LogP contribution >= 0.6 is 11.8 Å². The Morgan fingerprint density at radius 3 is 2.60 bits per heavy atom. The molecule has 154 valence electrons. The summed E-state index contributed by atoms with van der Waals surface area (Å²) in [6, 6.07) is 7.90. The number of carbonyl (C=O) groups excluding carboxylic acids is 1. The number of fused-ring (bicyclic) bond motifs is 1. The molecule has 3 heterocycles. The van der Waals surface area contributed by atoms with E-state index in [0.717, 1.165) is 5.39 Å². The van der Waals surface area contributed by atoms with E-state index in [-0.39, 0.29) is 17.8 Å². The van der Waals surface area contributed by atoms with Crippen molar-refractivity contribution in [2.75, 3.05) is 5.32 Å². The van der Waals surface area contributed by atoms with Gasteiger partial charge in [0.05, 0.1) is 28.7 Å². The molecule has 1 aromatic carbocycles. The maximum atomic E-state index is 13.2. The fourth-order valence-electron chi connectivity index (χ4n) is 2.96. The van der Waals surface area contributed by atoms with E-state index in [0.29, 0.717) is 22.2 Å². The third kappa shape index (κ3) is 3.90. The van der Waals surface area contributed by atoms with Crippen LogP contribution in [-0.4, -0.2) is 40.7 Å². The Hall–Kier alpha value is -3.27. The number of aromatic nitrogens is 6. The summed E-state index contributed by atoms with van der Waals surface area (Å²) in [5, 5.41) is 12.5. The number of benzene rings is 1. The number of hydrogen-bond donors (Lipinski definition) is 1. The van der Waals surface area contributed by atoms with Gasteiger partial charge < -0.3 is 5.32 Å². The molecule has 0 saturated carbocycles. The van der Waals surface area contributed by atoms with Crippen LogP contribution in [0.1, 0.15) is 26.8 Å². The van der Waals surface area contributed by atoms with Crippen LogP contribution in [0, 0.1) is 5.82 Å². The molecule has 0 aliphatic carbocycles. The number of nitrogens with zero attached hydrogens (tertiary/aromatic N) is 6. The van der Waals surface area contributed by atoms with Crippen LogP contribution in [0.15, 0.2) is 54.1 Å². The highest BCUT2D eigenvalue weighted by Crippen LogP contribution is 2.29. The van der Waals surface area contributed by atoms with Gasteiger partial charge in [-0.1, -0.05) is 11.8 Å². The lowest BCUT2D eigenvalue weighted by molar-refractivity contribution is -0.115. The lowest BCUT2D eigenvalue weighted by Gasteiger charge is -2.14. The normalized spacial score (nSPS) is 12.4. The van der Waals surface area contributed by atoms with E-state index in [1.54, 1.807) is 40.0 Å². The predicted molar refractivity (Wildman–Crippen MR) is 113 cm³/mol. The zero-order valence-electron chi connectivity index (χ0n) is 16.7. The van der Waals surface area contributed by atoms with Gasteiger partial charge in [-0.25, -0.2) is 23.7 Å². The number of thioether (sulfide) groups is 1. The second kappa shape index (κ2) is 8.23. The van der Waals surface area contributed by atoms with Crippen molar-refractivity contribution in [2.45, 2.75) is 37.1 Å². The quantitative estimate of drug-likeness (QED) is 0.373. The summed E-state index contributed by atoms with van der Waals surface area (Å²) in [4.78, 5) is 21.4. The van der Waals surface area contributed by atoms with Crippen molar-refractivity contribution in [3.8, 4) is 5.69 Å². The van der Waals surface area contributed by atoms with Gasteiger partial charge in [-0.05, 0) is 45.0 Å². The summed E-state index contributed by atoms with van der Waals surface area (Å²) in [7, 11) is 0. The van der Waals surface area contributed by atoms with Gasteiger partial charge in [0, 0.05) is 12.1 Å². The molecule has 0 aliphatic rings. The molecule has 1 N–H and O–H groups in total. The second-order valence-corrected chi connectivity index (χ2v) is 8.28. The summed E-state index contributed by atoms with van der Waals surface area (Å²) in [6.45, 7) is 5.81. The third-order valence-corrected chi connectivity index (χ3v) is 5.58. The van der Waals surface area contributed by atoms with Gasteiger partial charge in [0.1, 0.15) is 23.0 Å². The van der Waals surface area contributed by atoms with Crippen LogP contribution in [0.3, 0.4) is 0 Å². The Morgan fingerprint density at radius 2 is 1.87 bits per heavy atom. The highest BCUT2D eigenvalue weighted by Gasteiger charge is 2.20. The SMILES string of the molecule is CC(C)n1nccc1NC(=O)[C@@H](C)Sc1ncnc2c1cnn2-c1ccc(F)cc1. The van der Waals surface area contributed by atoms with Crippen molar-refractivity contribution in [3.05, 3.63) is 54.9 Å². The van der Waals surface area contributed by atoms with E-state index in [4.69, 9.17) is 0 Å². The molecular weight excluding hydrogens is 405 g/mol. The van der Waals surface area contributed by atoms with E-state index in [2.05, 4.69) is 25.5 Å². The number of rotatable bonds is 6. The van der Waals surface area contributed by atoms with Crippen molar-refractivity contribution in [1.29, 1.82) is 0 Å². The Kier molecular flexibility index (Phi) is 5.49. The molecule has 0 unspecified atom stereocenters. The van der Waals surface area contributed by atoms with Crippen LogP contribution in [0.5, 0.6) is 0 Å².